The van der Waals surface area contributed by atoms with E-state index in [1.54, 1.807) is 0 Å². The van der Waals surface area contributed by atoms with Crippen LogP contribution >= 0.6 is 0 Å². The first-order chi connectivity index (χ1) is 4.25. The molecule has 0 aromatic heterocycles. The van der Waals surface area contributed by atoms with Gasteiger partial charge in [0.15, 0.2) is 0 Å². The predicted molar refractivity (Wildman–Crippen MR) is 35.7 cm³/mol. The normalized spacial score (nSPS) is 23.9. The highest BCUT2D eigenvalue weighted by atomic mass is 16.3. The molecule has 0 radical (unpaired) electrons. The third kappa shape index (κ3) is 1.51. The summed E-state index contributed by atoms with van der Waals surface area (Å²) in [6.07, 6.45) is 3.37. The Balaban J connectivity index is 2.23. The van der Waals surface area contributed by atoms with Crippen LogP contribution in [0.5, 0.6) is 0 Å². The van der Waals surface area contributed by atoms with E-state index >= 15 is 0 Å². The molecule has 0 saturated heterocycles. The number of hydrogen-bond donors (Lipinski definition) is 3. The summed E-state index contributed by atoms with van der Waals surface area (Å²) >= 11 is 0. The second kappa shape index (κ2) is 2.47. The fourth-order valence-corrected chi connectivity index (χ4v) is 0.734. The van der Waals surface area contributed by atoms with Crippen LogP contribution in [-0.2, 0) is 0 Å². The first kappa shape index (κ1) is 6.74. The fourth-order valence-electron chi connectivity index (χ4n) is 0.734. The number of nitrogens with two attached hydrogens (primary N) is 2. The molecule has 3 heteroatoms. The third-order valence-corrected chi connectivity index (χ3v) is 1.54. The van der Waals surface area contributed by atoms with Crippen LogP contribution in [0.2, 0.25) is 0 Å². The molecule has 0 heterocycles. The Kier molecular flexibility index (Phi) is 1.85. The number of aliphatic hydroxyl groups excluding tert-OH is 1. The van der Waals surface area contributed by atoms with Gasteiger partial charge in [-0.25, -0.2) is 0 Å². The van der Waals surface area contributed by atoms with Crippen LogP contribution in [0, 0.1) is 5.92 Å². The van der Waals surface area contributed by atoms with Gasteiger partial charge >= 0.3 is 0 Å². The van der Waals surface area contributed by atoms with Gasteiger partial charge in [0.25, 0.3) is 0 Å². The summed E-state index contributed by atoms with van der Waals surface area (Å²) in [6, 6.07) is -0.185. The van der Waals surface area contributed by atoms with Gasteiger partial charge in [-0.05, 0) is 0 Å². The smallest absolute Gasteiger partial charge is 0.0821 e. The van der Waals surface area contributed by atoms with Crippen molar-refractivity contribution in [2.45, 2.75) is 12.1 Å². The average molecular weight is 128 g/mol. The van der Waals surface area contributed by atoms with Crippen molar-refractivity contribution in [3.63, 3.8) is 0 Å². The Bertz CT molecular complexity index is 118. The minimum Gasteiger partial charge on any atom is -0.390 e. The Labute approximate surface area is 54.3 Å². The number of rotatable bonds is 3. The fraction of sp³-hybridized carbons (Fsp3) is 0.667. The van der Waals surface area contributed by atoms with Gasteiger partial charge in [-0.15, -0.1) is 0 Å². The Morgan fingerprint density at radius 1 is 1.56 bits per heavy atom. The summed E-state index contributed by atoms with van der Waals surface area (Å²) in [6.45, 7) is 0.249. The zero-order valence-electron chi connectivity index (χ0n) is 5.20. The molecular formula is C6H12N2O. The molecule has 5 N–H and O–H groups in total. The lowest BCUT2D eigenvalue weighted by Gasteiger charge is -2.15. The summed E-state index contributed by atoms with van der Waals surface area (Å²) in [5.41, 5.74) is 10.7. The zero-order chi connectivity index (χ0) is 6.85. The molecule has 1 aliphatic carbocycles. The molecule has 0 amide bonds. The highest BCUT2D eigenvalue weighted by Crippen LogP contribution is 2.20. The molecule has 1 rings (SSSR count). The summed E-state index contributed by atoms with van der Waals surface area (Å²) < 4.78 is 0. The minimum atomic E-state index is -0.551. The van der Waals surface area contributed by atoms with Crippen molar-refractivity contribution in [3.8, 4) is 0 Å². The van der Waals surface area contributed by atoms with Crippen molar-refractivity contribution in [2.75, 3.05) is 6.54 Å². The van der Waals surface area contributed by atoms with Gasteiger partial charge in [0, 0.05) is 18.5 Å². The summed E-state index contributed by atoms with van der Waals surface area (Å²) in [7, 11) is 0. The highest BCUT2D eigenvalue weighted by Gasteiger charge is 2.25. The molecule has 0 bridgehead atoms. The molecule has 0 aromatic carbocycles. The maximum Gasteiger partial charge on any atom is 0.0821 e. The van der Waals surface area contributed by atoms with E-state index in [0.717, 1.165) is 0 Å². The van der Waals surface area contributed by atoms with Crippen LogP contribution in [-0.4, -0.2) is 23.8 Å². The predicted octanol–water partition coefficient (Wildman–Crippen LogP) is -1.18. The molecule has 0 aromatic rings. The largest absolute Gasteiger partial charge is 0.390 e. The SMILES string of the molecule is NCC(O)C(N)C1C=C1. The van der Waals surface area contributed by atoms with Crippen LogP contribution in [0.3, 0.4) is 0 Å². The maximum absolute atomic E-state index is 9.05. The van der Waals surface area contributed by atoms with Crippen LogP contribution in [0.25, 0.3) is 0 Å². The van der Waals surface area contributed by atoms with Gasteiger partial charge in [0.05, 0.1) is 6.10 Å². The second-order valence-corrected chi connectivity index (χ2v) is 2.34. The van der Waals surface area contributed by atoms with E-state index in [4.69, 9.17) is 16.6 Å². The topological polar surface area (TPSA) is 72.3 Å². The molecule has 52 valence electrons. The van der Waals surface area contributed by atoms with E-state index in [1.807, 2.05) is 12.2 Å². The van der Waals surface area contributed by atoms with Crippen LogP contribution in [0.1, 0.15) is 0 Å². The Hall–Kier alpha value is -0.380. The van der Waals surface area contributed by atoms with Crippen molar-refractivity contribution in [3.05, 3.63) is 12.2 Å². The van der Waals surface area contributed by atoms with Gasteiger partial charge in [-0.3, -0.25) is 0 Å². The summed E-state index contributed by atoms with van der Waals surface area (Å²) in [5, 5.41) is 9.05. The van der Waals surface area contributed by atoms with Crippen molar-refractivity contribution in [2.24, 2.45) is 17.4 Å². The minimum absolute atomic E-state index is 0.185. The molecule has 3 nitrogen and oxygen atoms in total. The third-order valence-electron chi connectivity index (χ3n) is 1.54. The summed E-state index contributed by atoms with van der Waals surface area (Å²) in [4.78, 5) is 0. The van der Waals surface area contributed by atoms with Crippen LogP contribution < -0.4 is 11.5 Å². The first-order valence-corrected chi connectivity index (χ1v) is 3.07. The zero-order valence-corrected chi connectivity index (χ0v) is 5.20. The van der Waals surface area contributed by atoms with Crippen LogP contribution in [0.4, 0.5) is 0 Å². The van der Waals surface area contributed by atoms with Crippen molar-refractivity contribution < 1.29 is 5.11 Å². The maximum atomic E-state index is 9.05. The molecule has 2 atom stereocenters. The van der Waals surface area contributed by atoms with Gasteiger partial charge in [0.1, 0.15) is 0 Å². The van der Waals surface area contributed by atoms with Gasteiger partial charge in [-0.2, -0.15) is 0 Å². The van der Waals surface area contributed by atoms with Crippen LogP contribution in [0.15, 0.2) is 12.2 Å². The van der Waals surface area contributed by atoms with E-state index in [2.05, 4.69) is 0 Å². The Morgan fingerprint density at radius 2 is 2.11 bits per heavy atom. The molecule has 2 unspecified atom stereocenters. The second-order valence-electron chi connectivity index (χ2n) is 2.34. The average Bonchev–Trinajstić information content (AvgIpc) is 2.66. The van der Waals surface area contributed by atoms with E-state index in [1.165, 1.54) is 0 Å². The van der Waals surface area contributed by atoms with E-state index < -0.39 is 6.10 Å². The molecule has 0 aliphatic heterocycles. The Morgan fingerprint density at radius 3 is 2.44 bits per heavy atom. The number of hydrogen-bond acceptors (Lipinski definition) is 3. The van der Waals surface area contributed by atoms with E-state index in [9.17, 15) is 0 Å². The molecule has 0 saturated carbocycles. The highest BCUT2D eigenvalue weighted by molar-refractivity contribution is 5.18. The lowest BCUT2D eigenvalue weighted by atomic mass is 10.1. The van der Waals surface area contributed by atoms with E-state index in [-0.39, 0.29) is 12.6 Å². The number of aliphatic hydroxyl groups is 1. The van der Waals surface area contributed by atoms with Crippen molar-refractivity contribution in [1.29, 1.82) is 0 Å². The van der Waals surface area contributed by atoms with E-state index in [0.29, 0.717) is 5.92 Å². The molecule has 9 heavy (non-hydrogen) atoms. The molecule has 0 spiro atoms. The summed E-state index contributed by atoms with van der Waals surface area (Å²) in [5.74, 6) is 0.295. The van der Waals surface area contributed by atoms with Gasteiger partial charge in [-0.1, -0.05) is 12.2 Å². The quantitative estimate of drug-likeness (QED) is 0.419. The lowest BCUT2D eigenvalue weighted by molar-refractivity contribution is 0.146. The molecule has 1 aliphatic rings. The molecular weight excluding hydrogens is 116 g/mol. The standard InChI is InChI=1S/C6H12N2O/c7-3-5(9)6(8)4-1-2-4/h1-2,4-6,9H,3,7-8H2. The van der Waals surface area contributed by atoms with Gasteiger partial charge < -0.3 is 16.6 Å². The monoisotopic (exact) mass is 128 g/mol. The van der Waals surface area contributed by atoms with Crippen molar-refractivity contribution in [1.82, 2.24) is 0 Å². The van der Waals surface area contributed by atoms with Gasteiger partial charge in [0.2, 0.25) is 0 Å². The lowest BCUT2D eigenvalue weighted by Crippen LogP contribution is -2.41. The first-order valence-electron chi connectivity index (χ1n) is 3.07. The van der Waals surface area contributed by atoms with Crippen molar-refractivity contribution >= 4 is 0 Å². The molecule has 0 fully saturated rings.